The molecule has 0 radical (unpaired) electrons. The number of hydrogen-bond donors (Lipinski definition) is 5. The van der Waals surface area contributed by atoms with Crippen LogP contribution in [0.15, 0.2) is 24.3 Å². The highest BCUT2D eigenvalue weighted by Crippen LogP contribution is 2.18. The Labute approximate surface area is 399 Å². The zero-order valence-corrected chi connectivity index (χ0v) is 43.0. The fourth-order valence-corrected chi connectivity index (χ4v) is 9.11. The summed E-state index contributed by atoms with van der Waals surface area (Å²) in [5, 5.41) is 43.8. The number of amides is 1. The molecule has 0 aromatic heterocycles. The molecule has 0 aromatic rings. The Morgan fingerprint density at radius 3 is 0.938 bits per heavy atom. The van der Waals surface area contributed by atoms with Crippen LogP contribution in [0, 0.1) is 0 Å². The first kappa shape index (κ1) is 62.8. The molecule has 1 amide bonds. The van der Waals surface area contributed by atoms with Crippen LogP contribution in [0.4, 0.5) is 0 Å². The number of hydrogen-bond acceptors (Lipinski definition) is 5. The minimum absolute atomic E-state index is 0.366. The third-order valence-electron chi connectivity index (χ3n) is 13.6. The number of rotatable bonds is 53. The standard InChI is InChI=1S/C58H113NO5/c1-3-5-7-9-11-13-15-17-19-20-21-22-23-24-25-26-27-28-29-30-31-32-33-34-35-36-37-38-40-42-44-46-48-50-52-56(62)58(64)59-54(53-60)57(63)55(61)51-49-47-45-43-41-39-18-16-14-12-10-8-6-4-2/h26-27,43,45,54-57,60-63H,3-25,28-42,44,46-53H2,1-2H3,(H,59,64)/b27-26-,45-43+. The third kappa shape index (κ3) is 45.9. The number of aliphatic hydroxyl groups is 4. The molecule has 0 saturated heterocycles. The van der Waals surface area contributed by atoms with Crippen molar-refractivity contribution in [2.75, 3.05) is 6.61 Å². The average molecular weight is 905 g/mol. The largest absolute Gasteiger partial charge is 0.394 e. The van der Waals surface area contributed by atoms with Crippen molar-refractivity contribution in [3.63, 3.8) is 0 Å². The molecule has 0 fully saturated rings. The lowest BCUT2D eigenvalue weighted by Gasteiger charge is -2.27. The van der Waals surface area contributed by atoms with Gasteiger partial charge in [-0.1, -0.05) is 269 Å². The predicted octanol–water partition coefficient (Wildman–Crippen LogP) is 16.6. The summed E-state index contributed by atoms with van der Waals surface area (Å²) in [6.07, 6.45) is 64.1. The summed E-state index contributed by atoms with van der Waals surface area (Å²) in [5.74, 6) is -0.589. The SMILES string of the molecule is CCCCCCCCCCC/C=C/CCCC(O)C(O)C(CO)NC(=O)C(O)CCCCCCCCCCCCCCCCCC/C=C\CCCCCCCCCCCCCCCC. The van der Waals surface area contributed by atoms with E-state index in [2.05, 4.69) is 43.5 Å². The minimum Gasteiger partial charge on any atom is -0.394 e. The highest BCUT2D eigenvalue weighted by molar-refractivity contribution is 5.80. The molecule has 64 heavy (non-hydrogen) atoms. The monoisotopic (exact) mass is 904 g/mol. The molecule has 0 spiro atoms. The molecular weight excluding hydrogens is 791 g/mol. The van der Waals surface area contributed by atoms with Crippen molar-refractivity contribution in [3.8, 4) is 0 Å². The first-order chi connectivity index (χ1) is 31.5. The molecule has 0 heterocycles. The molecule has 0 aliphatic carbocycles. The van der Waals surface area contributed by atoms with E-state index in [1.807, 2.05) is 0 Å². The van der Waals surface area contributed by atoms with E-state index in [4.69, 9.17) is 0 Å². The Balaban J connectivity index is 3.55. The number of carbonyl (C=O) groups is 1. The van der Waals surface area contributed by atoms with E-state index in [9.17, 15) is 25.2 Å². The maximum Gasteiger partial charge on any atom is 0.249 e. The van der Waals surface area contributed by atoms with Crippen LogP contribution in [-0.2, 0) is 4.79 Å². The highest BCUT2D eigenvalue weighted by Gasteiger charge is 2.28. The van der Waals surface area contributed by atoms with Gasteiger partial charge in [0.2, 0.25) is 5.91 Å². The van der Waals surface area contributed by atoms with Crippen molar-refractivity contribution < 1.29 is 25.2 Å². The second-order valence-corrected chi connectivity index (χ2v) is 20.0. The van der Waals surface area contributed by atoms with Crippen molar-refractivity contribution in [3.05, 3.63) is 24.3 Å². The number of carbonyl (C=O) groups excluding carboxylic acids is 1. The van der Waals surface area contributed by atoms with Gasteiger partial charge in [0, 0.05) is 0 Å². The number of allylic oxidation sites excluding steroid dienone is 4. The lowest BCUT2D eigenvalue weighted by molar-refractivity contribution is -0.132. The van der Waals surface area contributed by atoms with E-state index >= 15 is 0 Å². The fourth-order valence-electron chi connectivity index (χ4n) is 9.11. The Bertz CT molecular complexity index is 970. The smallest absolute Gasteiger partial charge is 0.249 e. The summed E-state index contributed by atoms with van der Waals surface area (Å²) >= 11 is 0. The van der Waals surface area contributed by atoms with Gasteiger partial charge in [-0.15, -0.1) is 0 Å². The van der Waals surface area contributed by atoms with E-state index < -0.39 is 36.9 Å². The van der Waals surface area contributed by atoms with Gasteiger partial charge in [-0.25, -0.2) is 0 Å². The number of unbranched alkanes of at least 4 members (excludes halogenated alkanes) is 40. The van der Waals surface area contributed by atoms with Crippen LogP contribution in [0.2, 0.25) is 0 Å². The van der Waals surface area contributed by atoms with Gasteiger partial charge in [0.25, 0.3) is 0 Å². The van der Waals surface area contributed by atoms with E-state index in [0.29, 0.717) is 12.8 Å². The van der Waals surface area contributed by atoms with Crippen LogP contribution in [0.3, 0.4) is 0 Å². The third-order valence-corrected chi connectivity index (χ3v) is 13.6. The summed E-state index contributed by atoms with van der Waals surface area (Å²) in [7, 11) is 0. The van der Waals surface area contributed by atoms with E-state index in [0.717, 1.165) is 38.5 Å². The van der Waals surface area contributed by atoms with Crippen molar-refractivity contribution in [2.45, 2.75) is 334 Å². The summed E-state index contributed by atoms with van der Waals surface area (Å²) in [6.45, 7) is 4.06. The highest BCUT2D eigenvalue weighted by atomic mass is 16.3. The van der Waals surface area contributed by atoms with Crippen LogP contribution in [-0.4, -0.2) is 57.3 Å². The molecule has 380 valence electrons. The van der Waals surface area contributed by atoms with Gasteiger partial charge in [-0.2, -0.15) is 0 Å². The van der Waals surface area contributed by atoms with E-state index in [-0.39, 0.29) is 0 Å². The van der Waals surface area contributed by atoms with Crippen molar-refractivity contribution >= 4 is 5.91 Å². The molecule has 4 unspecified atom stereocenters. The Morgan fingerprint density at radius 1 is 0.375 bits per heavy atom. The minimum atomic E-state index is -1.28. The molecule has 0 bridgehead atoms. The molecule has 0 aromatic carbocycles. The quantitative estimate of drug-likeness (QED) is 0.0308. The van der Waals surface area contributed by atoms with Gasteiger partial charge >= 0.3 is 0 Å². The lowest BCUT2D eigenvalue weighted by atomic mass is 10.00. The molecule has 5 N–H and O–H groups in total. The predicted molar refractivity (Wildman–Crippen MR) is 279 cm³/mol. The summed E-state index contributed by atoms with van der Waals surface area (Å²) in [6, 6.07) is -1.000. The second-order valence-electron chi connectivity index (χ2n) is 20.0. The van der Waals surface area contributed by atoms with Crippen molar-refractivity contribution in [1.82, 2.24) is 5.32 Å². The fraction of sp³-hybridized carbons (Fsp3) is 0.914. The zero-order valence-electron chi connectivity index (χ0n) is 43.0. The van der Waals surface area contributed by atoms with Crippen LogP contribution in [0.5, 0.6) is 0 Å². The van der Waals surface area contributed by atoms with E-state index in [1.165, 1.54) is 244 Å². The molecule has 6 nitrogen and oxygen atoms in total. The summed E-state index contributed by atoms with van der Waals surface area (Å²) in [5.41, 5.74) is 0. The Morgan fingerprint density at radius 2 is 0.641 bits per heavy atom. The number of nitrogens with one attached hydrogen (secondary N) is 1. The second kappa shape index (κ2) is 52.8. The van der Waals surface area contributed by atoms with Crippen LogP contribution in [0.1, 0.15) is 309 Å². The number of aliphatic hydroxyl groups excluding tert-OH is 4. The first-order valence-electron chi connectivity index (χ1n) is 28.7. The van der Waals surface area contributed by atoms with E-state index in [1.54, 1.807) is 0 Å². The first-order valence-corrected chi connectivity index (χ1v) is 28.7. The van der Waals surface area contributed by atoms with Gasteiger partial charge in [-0.05, 0) is 64.2 Å². The van der Waals surface area contributed by atoms with Gasteiger partial charge in [-0.3, -0.25) is 4.79 Å². The normalized spacial score (nSPS) is 13.9. The molecular formula is C58H113NO5. The van der Waals surface area contributed by atoms with Gasteiger partial charge < -0.3 is 25.7 Å². The van der Waals surface area contributed by atoms with Gasteiger partial charge in [0.05, 0.1) is 18.8 Å². The summed E-state index contributed by atoms with van der Waals surface area (Å²) in [4.78, 5) is 12.6. The van der Waals surface area contributed by atoms with Crippen molar-refractivity contribution in [2.24, 2.45) is 0 Å². The maximum atomic E-state index is 12.6. The molecule has 0 aliphatic rings. The molecule has 0 aliphatic heterocycles. The van der Waals surface area contributed by atoms with Crippen LogP contribution < -0.4 is 5.32 Å². The Hall–Kier alpha value is -1.21. The van der Waals surface area contributed by atoms with Crippen LogP contribution in [0.25, 0.3) is 0 Å². The molecule has 0 saturated carbocycles. The van der Waals surface area contributed by atoms with Crippen molar-refractivity contribution in [1.29, 1.82) is 0 Å². The maximum absolute atomic E-state index is 12.6. The van der Waals surface area contributed by atoms with Crippen LogP contribution >= 0.6 is 0 Å². The molecule has 0 rings (SSSR count). The summed E-state index contributed by atoms with van der Waals surface area (Å²) < 4.78 is 0. The van der Waals surface area contributed by atoms with Gasteiger partial charge in [0.1, 0.15) is 12.2 Å². The lowest BCUT2D eigenvalue weighted by Crippen LogP contribution is -2.53. The average Bonchev–Trinajstić information content (AvgIpc) is 3.30. The van der Waals surface area contributed by atoms with Gasteiger partial charge in [0.15, 0.2) is 0 Å². The molecule has 6 heteroatoms. The molecule has 4 atom stereocenters. The zero-order chi connectivity index (χ0) is 46.7. The Kier molecular flexibility index (Phi) is 51.8. The topological polar surface area (TPSA) is 110 Å².